The third kappa shape index (κ3) is 5.92. The van der Waals surface area contributed by atoms with Crippen LogP contribution in [-0.4, -0.2) is 51.2 Å². The van der Waals surface area contributed by atoms with Crippen molar-refractivity contribution in [2.24, 2.45) is 5.10 Å². The average Bonchev–Trinajstić information content (AvgIpc) is 3.49. The van der Waals surface area contributed by atoms with Crippen LogP contribution in [0.15, 0.2) is 76.0 Å². The number of thiophene rings is 1. The van der Waals surface area contributed by atoms with Crippen LogP contribution in [0.25, 0.3) is 0 Å². The second-order valence-electron chi connectivity index (χ2n) is 8.11. The maximum Gasteiger partial charge on any atom is 0.265 e. The first-order valence-corrected chi connectivity index (χ1v) is 15.8. The third-order valence-electron chi connectivity index (χ3n) is 5.46. The quantitative estimate of drug-likeness (QED) is 0.293. The lowest BCUT2D eigenvalue weighted by molar-refractivity contribution is 0.530. The summed E-state index contributed by atoms with van der Waals surface area (Å²) in [6.45, 7) is -0.424. The summed E-state index contributed by atoms with van der Waals surface area (Å²) in [5.41, 5.74) is 0.943. The molecule has 0 spiro atoms. The molecule has 2 aromatic carbocycles. The molecule has 13 heteroatoms. The molecule has 2 heterocycles. The lowest BCUT2D eigenvalue weighted by Gasteiger charge is -2.24. The molecule has 0 bridgehead atoms. The molecular weight excluding hydrogens is 563 g/mol. The minimum Gasteiger partial charge on any atom is -0.282 e. The SMILES string of the molecule is CS(=O)(=O)CCN(C(=N)C1=NN(c2ccc(Cl)cc2)C(c2cccs2)C1)S(=O)(=O)c1ccc(Cl)cc1. The van der Waals surface area contributed by atoms with Gasteiger partial charge in [0.1, 0.15) is 15.5 Å². The van der Waals surface area contributed by atoms with E-state index in [1.54, 1.807) is 29.3 Å². The summed E-state index contributed by atoms with van der Waals surface area (Å²) in [5.74, 6) is -0.836. The largest absolute Gasteiger partial charge is 0.282 e. The van der Waals surface area contributed by atoms with Gasteiger partial charge in [0.05, 0.1) is 22.4 Å². The Balaban J connectivity index is 1.74. The summed E-state index contributed by atoms with van der Waals surface area (Å²) in [7, 11) is -7.78. The number of hydrogen-bond acceptors (Lipinski definition) is 8. The van der Waals surface area contributed by atoms with Crippen LogP contribution in [0.4, 0.5) is 5.69 Å². The highest BCUT2D eigenvalue weighted by atomic mass is 35.5. The van der Waals surface area contributed by atoms with E-state index in [1.165, 1.54) is 35.6 Å². The number of halogens is 2. The molecule has 4 rings (SSSR count). The maximum atomic E-state index is 13.5. The first-order chi connectivity index (χ1) is 17.0. The fraction of sp³-hybridized carbons (Fsp3) is 0.217. The minimum atomic E-state index is -4.26. The molecule has 1 aromatic heterocycles. The van der Waals surface area contributed by atoms with Gasteiger partial charge in [-0.15, -0.1) is 11.3 Å². The summed E-state index contributed by atoms with van der Waals surface area (Å²) >= 11 is 13.5. The zero-order chi connectivity index (χ0) is 26.1. The number of sulfone groups is 1. The normalized spacial score (nSPS) is 16.1. The van der Waals surface area contributed by atoms with Crippen LogP contribution in [0.2, 0.25) is 10.0 Å². The molecule has 8 nitrogen and oxygen atoms in total. The van der Waals surface area contributed by atoms with Gasteiger partial charge in [0.2, 0.25) is 0 Å². The van der Waals surface area contributed by atoms with Gasteiger partial charge in [0, 0.05) is 34.1 Å². The molecule has 0 radical (unpaired) electrons. The van der Waals surface area contributed by atoms with E-state index in [2.05, 4.69) is 5.10 Å². The van der Waals surface area contributed by atoms with Gasteiger partial charge in [0.25, 0.3) is 10.0 Å². The summed E-state index contributed by atoms with van der Waals surface area (Å²) in [4.78, 5) is 0.882. The van der Waals surface area contributed by atoms with Crippen LogP contribution in [0.3, 0.4) is 0 Å². The van der Waals surface area contributed by atoms with Gasteiger partial charge in [-0.1, -0.05) is 29.3 Å². The molecule has 0 amide bonds. The van der Waals surface area contributed by atoms with Crippen LogP contribution >= 0.6 is 34.5 Å². The van der Waals surface area contributed by atoms with Crippen molar-refractivity contribution in [3.8, 4) is 0 Å². The van der Waals surface area contributed by atoms with E-state index in [9.17, 15) is 16.8 Å². The van der Waals surface area contributed by atoms with Gasteiger partial charge >= 0.3 is 0 Å². The van der Waals surface area contributed by atoms with Crippen molar-refractivity contribution < 1.29 is 16.8 Å². The number of anilines is 1. The molecule has 0 aliphatic carbocycles. The monoisotopic (exact) mass is 584 g/mol. The Kier molecular flexibility index (Phi) is 7.77. The zero-order valence-corrected chi connectivity index (χ0v) is 23.0. The molecule has 1 unspecified atom stereocenters. The van der Waals surface area contributed by atoms with E-state index in [-0.39, 0.29) is 28.9 Å². The van der Waals surface area contributed by atoms with Gasteiger partial charge in [-0.3, -0.25) is 10.4 Å². The standard InChI is InChI=1S/C23H22Cl2N4O4S3/c1-35(30,31)14-12-28(36(32,33)19-10-6-17(25)7-11-19)23(26)20-15-21(22-3-2-13-34-22)29(27-20)18-8-4-16(24)5-9-18/h2-11,13,21,26H,12,14-15H2,1H3. The molecule has 0 fully saturated rings. The number of amidine groups is 1. The number of nitrogens with zero attached hydrogens (tertiary/aromatic N) is 3. The van der Waals surface area contributed by atoms with E-state index >= 15 is 0 Å². The van der Waals surface area contributed by atoms with Crippen molar-refractivity contribution >= 4 is 71.6 Å². The van der Waals surface area contributed by atoms with Crippen molar-refractivity contribution in [1.82, 2.24) is 4.31 Å². The molecule has 3 aromatic rings. The second kappa shape index (κ2) is 10.5. The van der Waals surface area contributed by atoms with Gasteiger partial charge in [-0.25, -0.2) is 21.1 Å². The lowest BCUT2D eigenvalue weighted by Crippen LogP contribution is -2.43. The van der Waals surface area contributed by atoms with Crippen LogP contribution in [0.5, 0.6) is 0 Å². The maximum absolute atomic E-state index is 13.5. The van der Waals surface area contributed by atoms with Gasteiger partial charge in [-0.05, 0) is 60.0 Å². The first kappa shape index (κ1) is 26.6. The summed E-state index contributed by atoms with van der Waals surface area (Å²) < 4.78 is 51.7. The highest BCUT2D eigenvalue weighted by molar-refractivity contribution is 7.91. The first-order valence-electron chi connectivity index (χ1n) is 10.7. The van der Waals surface area contributed by atoms with E-state index in [0.717, 1.165) is 21.1 Å². The Bertz CT molecular complexity index is 1490. The predicted octanol–water partition coefficient (Wildman–Crippen LogP) is 5.08. The molecule has 1 N–H and O–H groups in total. The topological polar surface area (TPSA) is 111 Å². The predicted molar refractivity (Wildman–Crippen MR) is 146 cm³/mol. The molecule has 0 saturated carbocycles. The fourth-order valence-corrected chi connectivity index (χ4v) is 6.77. The summed E-state index contributed by atoms with van der Waals surface area (Å²) in [5, 5.41) is 18.0. The highest BCUT2D eigenvalue weighted by Gasteiger charge is 2.37. The Morgan fingerprint density at radius 1 is 1.06 bits per heavy atom. The molecule has 190 valence electrons. The van der Waals surface area contributed by atoms with Crippen LogP contribution in [0, 0.1) is 5.41 Å². The number of benzene rings is 2. The summed E-state index contributed by atoms with van der Waals surface area (Å²) in [6, 6.07) is 16.1. The van der Waals surface area contributed by atoms with Crippen molar-refractivity contribution in [3.63, 3.8) is 0 Å². The Morgan fingerprint density at radius 2 is 1.67 bits per heavy atom. The van der Waals surface area contributed by atoms with Gasteiger partial charge in [-0.2, -0.15) is 5.10 Å². The van der Waals surface area contributed by atoms with Crippen LogP contribution in [-0.2, 0) is 19.9 Å². The Labute approximate surface area is 224 Å². The van der Waals surface area contributed by atoms with Crippen molar-refractivity contribution in [2.45, 2.75) is 17.4 Å². The van der Waals surface area contributed by atoms with Crippen molar-refractivity contribution in [1.29, 1.82) is 5.41 Å². The zero-order valence-electron chi connectivity index (χ0n) is 19.0. The van der Waals surface area contributed by atoms with Gasteiger partial charge < -0.3 is 0 Å². The van der Waals surface area contributed by atoms with Crippen molar-refractivity contribution in [3.05, 3.63) is 81.0 Å². The molecular formula is C23H22Cl2N4O4S3. The highest BCUT2D eigenvalue weighted by Crippen LogP contribution is 2.38. The fourth-order valence-electron chi connectivity index (χ4n) is 3.67. The minimum absolute atomic E-state index is 0.104. The average molecular weight is 586 g/mol. The molecule has 0 saturated heterocycles. The Hall–Kier alpha value is -2.44. The van der Waals surface area contributed by atoms with Gasteiger partial charge in [0.15, 0.2) is 5.84 Å². The number of hydrogen-bond donors (Lipinski definition) is 1. The number of rotatable bonds is 8. The van der Waals surface area contributed by atoms with E-state index in [4.69, 9.17) is 28.6 Å². The van der Waals surface area contributed by atoms with Crippen LogP contribution < -0.4 is 5.01 Å². The van der Waals surface area contributed by atoms with Crippen molar-refractivity contribution in [2.75, 3.05) is 23.6 Å². The Morgan fingerprint density at radius 3 is 2.22 bits per heavy atom. The molecule has 1 atom stereocenters. The second-order valence-corrected chi connectivity index (χ2v) is 14.1. The third-order valence-corrected chi connectivity index (χ3v) is 9.68. The number of sulfonamides is 1. The van der Waals surface area contributed by atoms with E-state index in [1.807, 2.05) is 17.5 Å². The molecule has 1 aliphatic heterocycles. The lowest BCUT2D eigenvalue weighted by atomic mass is 10.1. The van der Waals surface area contributed by atoms with E-state index in [0.29, 0.717) is 10.0 Å². The molecule has 36 heavy (non-hydrogen) atoms. The number of hydrazone groups is 1. The van der Waals surface area contributed by atoms with E-state index < -0.39 is 32.2 Å². The number of nitrogens with one attached hydrogen (secondary N) is 1. The summed E-state index contributed by atoms with van der Waals surface area (Å²) in [6.07, 6.45) is 1.28. The molecule has 1 aliphatic rings. The smallest absolute Gasteiger partial charge is 0.265 e. The van der Waals surface area contributed by atoms with Crippen LogP contribution in [0.1, 0.15) is 17.3 Å².